The van der Waals surface area contributed by atoms with Crippen molar-refractivity contribution in [3.8, 4) is 0 Å². The van der Waals surface area contributed by atoms with Gasteiger partial charge in [0.05, 0.1) is 17.5 Å². The number of nitrogens with zero attached hydrogens (tertiary/aromatic N) is 2. The van der Waals surface area contributed by atoms with E-state index in [-0.39, 0.29) is 36.9 Å². The Labute approximate surface area is 136 Å². The van der Waals surface area contributed by atoms with Gasteiger partial charge in [0.2, 0.25) is 5.91 Å². The van der Waals surface area contributed by atoms with Crippen molar-refractivity contribution in [1.29, 1.82) is 0 Å². The van der Waals surface area contributed by atoms with Gasteiger partial charge in [0, 0.05) is 13.0 Å². The monoisotopic (exact) mass is 330 g/mol. The molecule has 3 rings (SSSR count). The SMILES string of the molecule is O=C(O)CCN1C(=O)CC[C@H](N2C(=O)c3ccccc3C2=O)C1=O. The fraction of sp³-hybridized carbons (Fsp3) is 0.312. The summed E-state index contributed by atoms with van der Waals surface area (Å²) in [6, 6.07) is 5.19. The average Bonchev–Trinajstić information content (AvgIpc) is 2.80. The van der Waals surface area contributed by atoms with E-state index < -0.39 is 35.6 Å². The normalized spacial score (nSPS) is 20.6. The molecule has 1 aromatic rings. The molecule has 0 aromatic heterocycles. The first-order valence-corrected chi connectivity index (χ1v) is 7.44. The quantitative estimate of drug-likeness (QED) is 0.793. The van der Waals surface area contributed by atoms with Gasteiger partial charge in [-0.25, -0.2) is 0 Å². The molecule has 124 valence electrons. The first-order chi connectivity index (χ1) is 11.4. The van der Waals surface area contributed by atoms with Gasteiger partial charge in [0.15, 0.2) is 0 Å². The van der Waals surface area contributed by atoms with Crippen molar-refractivity contribution in [2.45, 2.75) is 25.3 Å². The van der Waals surface area contributed by atoms with Crippen LogP contribution in [0.1, 0.15) is 40.0 Å². The van der Waals surface area contributed by atoms with Crippen LogP contribution in [0.2, 0.25) is 0 Å². The number of rotatable bonds is 4. The number of carboxylic acid groups (broad SMARTS) is 1. The number of aliphatic carboxylic acids is 1. The summed E-state index contributed by atoms with van der Waals surface area (Å²) in [7, 11) is 0. The predicted octanol–water partition coefficient (Wildman–Crippen LogP) is 0.275. The Kier molecular flexibility index (Phi) is 3.88. The van der Waals surface area contributed by atoms with Crippen molar-refractivity contribution < 1.29 is 29.1 Å². The van der Waals surface area contributed by atoms with E-state index in [0.717, 1.165) is 9.80 Å². The Morgan fingerprint density at radius 2 is 1.67 bits per heavy atom. The third-order valence-corrected chi connectivity index (χ3v) is 4.17. The highest BCUT2D eigenvalue weighted by Crippen LogP contribution is 2.28. The lowest BCUT2D eigenvalue weighted by Gasteiger charge is -2.34. The molecular formula is C16H14N2O6. The van der Waals surface area contributed by atoms with Gasteiger partial charge in [-0.05, 0) is 18.6 Å². The Morgan fingerprint density at radius 3 is 2.21 bits per heavy atom. The lowest BCUT2D eigenvalue weighted by atomic mass is 10.0. The second-order valence-electron chi connectivity index (χ2n) is 5.61. The highest BCUT2D eigenvalue weighted by atomic mass is 16.4. The number of imide groups is 2. The number of carbonyl (C=O) groups excluding carboxylic acids is 4. The van der Waals surface area contributed by atoms with Gasteiger partial charge in [-0.1, -0.05) is 12.1 Å². The smallest absolute Gasteiger partial charge is 0.305 e. The van der Waals surface area contributed by atoms with Crippen LogP contribution in [0.25, 0.3) is 0 Å². The van der Waals surface area contributed by atoms with E-state index in [1.807, 2.05) is 0 Å². The topological polar surface area (TPSA) is 112 Å². The van der Waals surface area contributed by atoms with Crippen molar-refractivity contribution in [3.63, 3.8) is 0 Å². The highest BCUT2D eigenvalue weighted by Gasteiger charge is 2.46. The molecule has 0 saturated carbocycles. The summed E-state index contributed by atoms with van der Waals surface area (Å²) in [5, 5.41) is 8.73. The zero-order chi connectivity index (χ0) is 17.4. The van der Waals surface area contributed by atoms with E-state index in [0.29, 0.717) is 0 Å². The summed E-state index contributed by atoms with van der Waals surface area (Å²) >= 11 is 0. The van der Waals surface area contributed by atoms with E-state index in [1.165, 1.54) is 12.1 Å². The minimum absolute atomic E-state index is 0.0244. The van der Waals surface area contributed by atoms with Crippen LogP contribution in [0.15, 0.2) is 24.3 Å². The van der Waals surface area contributed by atoms with E-state index in [4.69, 9.17) is 5.11 Å². The molecule has 0 bridgehead atoms. The average molecular weight is 330 g/mol. The van der Waals surface area contributed by atoms with Gasteiger partial charge < -0.3 is 5.11 Å². The molecule has 2 aliphatic rings. The highest BCUT2D eigenvalue weighted by molar-refractivity contribution is 6.23. The summed E-state index contributed by atoms with van der Waals surface area (Å²) in [5.74, 6) is -3.47. The number of hydrogen-bond acceptors (Lipinski definition) is 5. The van der Waals surface area contributed by atoms with Crippen molar-refractivity contribution in [1.82, 2.24) is 9.80 Å². The number of benzene rings is 1. The molecule has 0 aliphatic carbocycles. The molecule has 2 heterocycles. The van der Waals surface area contributed by atoms with Crippen LogP contribution >= 0.6 is 0 Å². The van der Waals surface area contributed by atoms with E-state index >= 15 is 0 Å². The molecule has 24 heavy (non-hydrogen) atoms. The Balaban J connectivity index is 1.86. The summed E-state index contributed by atoms with van der Waals surface area (Å²) in [5.41, 5.74) is 0.452. The maximum Gasteiger partial charge on any atom is 0.305 e. The van der Waals surface area contributed by atoms with Gasteiger partial charge in [-0.15, -0.1) is 0 Å². The summed E-state index contributed by atoms with van der Waals surface area (Å²) in [6.07, 6.45) is -0.359. The van der Waals surface area contributed by atoms with Gasteiger partial charge in [0.1, 0.15) is 6.04 Å². The van der Waals surface area contributed by atoms with Crippen molar-refractivity contribution >= 4 is 29.6 Å². The molecule has 0 unspecified atom stereocenters. The fourth-order valence-electron chi connectivity index (χ4n) is 2.99. The van der Waals surface area contributed by atoms with E-state index in [9.17, 15) is 24.0 Å². The lowest BCUT2D eigenvalue weighted by molar-refractivity contribution is -0.152. The van der Waals surface area contributed by atoms with Gasteiger partial charge in [0.25, 0.3) is 17.7 Å². The predicted molar refractivity (Wildman–Crippen MR) is 78.9 cm³/mol. The van der Waals surface area contributed by atoms with Gasteiger partial charge in [-0.2, -0.15) is 0 Å². The first-order valence-electron chi connectivity index (χ1n) is 7.44. The second kappa shape index (κ2) is 5.88. The number of fused-ring (bicyclic) bond motifs is 1. The maximum atomic E-state index is 12.5. The Hall–Kier alpha value is -3.03. The summed E-state index contributed by atoms with van der Waals surface area (Å²) in [6.45, 7) is -0.271. The number of carboxylic acids is 1. The summed E-state index contributed by atoms with van der Waals surface area (Å²) < 4.78 is 0. The number of carbonyl (C=O) groups is 5. The maximum absolute atomic E-state index is 12.5. The molecule has 1 atom stereocenters. The van der Waals surface area contributed by atoms with Crippen molar-refractivity contribution in [3.05, 3.63) is 35.4 Å². The Bertz CT molecular complexity index is 737. The van der Waals surface area contributed by atoms with Crippen molar-refractivity contribution in [2.24, 2.45) is 0 Å². The van der Waals surface area contributed by atoms with Crippen molar-refractivity contribution in [2.75, 3.05) is 6.54 Å². The molecule has 4 amide bonds. The minimum atomic E-state index is -1.14. The third-order valence-electron chi connectivity index (χ3n) is 4.17. The first kappa shape index (κ1) is 15.9. The molecule has 0 radical (unpaired) electrons. The largest absolute Gasteiger partial charge is 0.481 e. The van der Waals surface area contributed by atoms with Gasteiger partial charge in [-0.3, -0.25) is 33.8 Å². The van der Waals surface area contributed by atoms with E-state index in [2.05, 4.69) is 0 Å². The fourth-order valence-corrected chi connectivity index (χ4v) is 2.99. The zero-order valence-corrected chi connectivity index (χ0v) is 12.6. The van der Waals surface area contributed by atoms with Crippen LogP contribution in [0.3, 0.4) is 0 Å². The molecule has 8 heteroatoms. The number of amides is 4. The molecular weight excluding hydrogens is 316 g/mol. The minimum Gasteiger partial charge on any atom is -0.481 e. The Morgan fingerprint density at radius 1 is 1.08 bits per heavy atom. The molecule has 2 aliphatic heterocycles. The number of likely N-dealkylation sites (tertiary alicyclic amines) is 1. The van der Waals surface area contributed by atoms with Crippen LogP contribution < -0.4 is 0 Å². The van der Waals surface area contributed by atoms with Crippen LogP contribution in [0.5, 0.6) is 0 Å². The molecule has 1 fully saturated rings. The van der Waals surface area contributed by atoms with Crippen LogP contribution in [-0.2, 0) is 14.4 Å². The molecule has 0 spiro atoms. The second-order valence-corrected chi connectivity index (χ2v) is 5.61. The molecule has 1 aromatic carbocycles. The van der Waals surface area contributed by atoms with Crippen LogP contribution in [0, 0.1) is 0 Å². The lowest BCUT2D eigenvalue weighted by Crippen LogP contribution is -2.56. The summed E-state index contributed by atoms with van der Waals surface area (Å²) in [4.78, 5) is 61.7. The van der Waals surface area contributed by atoms with Crippen LogP contribution in [0.4, 0.5) is 0 Å². The van der Waals surface area contributed by atoms with E-state index in [1.54, 1.807) is 12.1 Å². The molecule has 1 saturated heterocycles. The van der Waals surface area contributed by atoms with Gasteiger partial charge >= 0.3 is 5.97 Å². The molecule has 1 N–H and O–H groups in total. The van der Waals surface area contributed by atoms with Crippen LogP contribution in [-0.4, -0.2) is 57.1 Å². The number of hydrogen-bond donors (Lipinski definition) is 1. The molecule has 8 nitrogen and oxygen atoms in total. The standard InChI is InChI=1S/C16H14N2O6/c19-12-6-5-11(16(24)17(12)8-7-13(20)21)18-14(22)9-3-1-2-4-10(9)15(18)23/h1-4,11H,5-8H2,(H,20,21)/t11-/m0/s1. The number of piperidine rings is 1. The zero-order valence-electron chi connectivity index (χ0n) is 12.6. The third kappa shape index (κ3) is 2.45.